The monoisotopic (exact) mass is 426 g/mol. The van der Waals surface area contributed by atoms with Gasteiger partial charge in [-0.1, -0.05) is 30.3 Å². The first-order chi connectivity index (χ1) is 15.1. The van der Waals surface area contributed by atoms with E-state index in [-0.39, 0.29) is 18.1 Å². The van der Waals surface area contributed by atoms with E-state index >= 15 is 0 Å². The van der Waals surface area contributed by atoms with Gasteiger partial charge in [0.15, 0.2) is 0 Å². The Balaban J connectivity index is 1.71. The van der Waals surface area contributed by atoms with Gasteiger partial charge >= 0.3 is 0 Å². The zero-order chi connectivity index (χ0) is 22.1. The summed E-state index contributed by atoms with van der Waals surface area (Å²) in [6, 6.07) is 16.2. The first kappa shape index (κ1) is 23.1. The Bertz CT molecular complexity index is 826. The molecule has 0 aromatic heterocycles. The number of rotatable bonds is 11. The van der Waals surface area contributed by atoms with Gasteiger partial charge in [-0.3, -0.25) is 9.69 Å². The molecule has 6 heteroatoms. The summed E-state index contributed by atoms with van der Waals surface area (Å²) in [5, 5.41) is 3.04. The van der Waals surface area contributed by atoms with Crippen molar-refractivity contribution in [3.05, 3.63) is 59.7 Å². The van der Waals surface area contributed by atoms with Crippen LogP contribution in [0.1, 0.15) is 43.9 Å². The second-order valence-corrected chi connectivity index (χ2v) is 8.07. The Morgan fingerprint density at radius 3 is 2.77 bits per heavy atom. The lowest BCUT2D eigenvalue weighted by Gasteiger charge is -2.35. The molecule has 2 aromatic carbocycles. The zero-order valence-corrected chi connectivity index (χ0v) is 18.8. The highest BCUT2D eigenvalue weighted by molar-refractivity contribution is 5.78. The SMILES string of the molecule is COc1ccc2c(c1)[C@@H](N(CC(=O)NCCCOC(C)C)Cc1ccccc1)CCO2. The fraction of sp³-hybridized carbons (Fsp3) is 0.480. The fourth-order valence-corrected chi connectivity index (χ4v) is 3.81. The summed E-state index contributed by atoms with van der Waals surface area (Å²) in [5.41, 5.74) is 2.25. The molecule has 1 heterocycles. The van der Waals surface area contributed by atoms with Crippen LogP contribution in [0.4, 0.5) is 0 Å². The van der Waals surface area contributed by atoms with E-state index in [1.807, 2.05) is 50.2 Å². The number of hydrogen-bond acceptors (Lipinski definition) is 5. The first-order valence-corrected chi connectivity index (χ1v) is 11.0. The molecule has 3 rings (SSSR count). The van der Waals surface area contributed by atoms with E-state index in [1.54, 1.807) is 7.11 Å². The third kappa shape index (κ3) is 6.97. The van der Waals surface area contributed by atoms with Gasteiger partial charge in [0.1, 0.15) is 11.5 Å². The van der Waals surface area contributed by atoms with Crippen LogP contribution in [-0.4, -0.2) is 50.3 Å². The van der Waals surface area contributed by atoms with Gasteiger partial charge in [-0.05, 0) is 44.0 Å². The van der Waals surface area contributed by atoms with E-state index in [4.69, 9.17) is 14.2 Å². The highest BCUT2D eigenvalue weighted by Crippen LogP contribution is 2.38. The molecule has 0 bridgehead atoms. The number of carbonyl (C=O) groups excluding carboxylic acids is 1. The van der Waals surface area contributed by atoms with Crippen molar-refractivity contribution < 1.29 is 19.0 Å². The third-order valence-corrected chi connectivity index (χ3v) is 5.34. The Hall–Kier alpha value is -2.57. The van der Waals surface area contributed by atoms with Crippen molar-refractivity contribution in [3.8, 4) is 11.5 Å². The Morgan fingerprint density at radius 2 is 2.03 bits per heavy atom. The Labute approximate surface area is 185 Å². The molecule has 168 valence electrons. The van der Waals surface area contributed by atoms with Crippen molar-refractivity contribution in [3.63, 3.8) is 0 Å². The molecule has 6 nitrogen and oxygen atoms in total. The normalized spacial score (nSPS) is 15.5. The predicted molar refractivity (Wildman–Crippen MR) is 121 cm³/mol. The molecule has 2 aromatic rings. The topological polar surface area (TPSA) is 60.0 Å². The second kappa shape index (κ2) is 11.7. The summed E-state index contributed by atoms with van der Waals surface area (Å²) in [4.78, 5) is 15.0. The largest absolute Gasteiger partial charge is 0.497 e. The number of ether oxygens (including phenoxy) is 3. The molecule has 0 aliphatic carbocycles. The average Bonchev–Trinajstić information content (AvgIpc) is 2.78. The Morgan fingerprint density at radius 1 is 1.23 bits per heavy atom. The van der Waals surface area contributed by atoms with Crippen LogP contribution >= 0.6 is 0 Å². The van der Waals surface area contributed by atoms with Crippen molar-refractivity contribution >= 4 is 5.91 Å². The number of nitrogens with one attached hydrogen (secondary N) is 1. The number of methoxy groups -OCH3 is 1. The van der Waals surface area contributed by atoms with Gasteiger partial charge in [-0.2, -0.15) is 0 Å². The van der Waals surface area contributed by atoms with E-state index in [1.165, 1.54) is 5.56 Å². The third-order valence-electron chi connectivity index (χ3n) is 5.34. The molecule has 0 saturated heterocycles. The second-order valence-electron chi connectivity index (χ2n) is 8.07. The maximum Gasteiger partial charge on any atom is 0.234 e. The minimum Gasteiger partial charge on any atom is -0.497 e. The number of hydrogen-bond donors (Lipinski definition) is 1. The quantitative estimate of drug-likeness (QED) is 0.551. The number of amides is 1. The maximum absolute atomic E-state index is 12.8. The number of carbonyl (C=O) groups is 1. The molecule has 0 fully saturated rings. The van der Waals surface area contributed by atoms with E-state index in [0.717, 1.165) is 29.9 Å². The standard InChI is InChI=1S/C25H34N2O4/c1-19(2)30-14-7-13-26-25(28)18-27(17-20-8-5-4-6-9-20)23-12-15-31-24-11-10-21(29-3)16-22(23)24/h4-6,8-11,16,19,23H,7,12-15,17-18H2,1-3H3,(H,26,28)/t23-/m0/s1. The molecule has 0 unspecified atom stereocenters. The highest BCUT2D eigenvalue weighted by Gasteiger charge is 2.29. The number of benzene rings is 2. The lowest BCUT2D eigenvalue weighted by atomic mass is 9.97. The minimum atomic E-state index is 0.0245. The molecule has 31 heavy (non-hydrogen) atoms. The van der Waals surface area contributed by atoms with Crippen LogP contribution in [0, 0.1) is 0 Å². The van der Waals surface area contributed by atoms with Gasteiger partial charge in [0, 0.05) is 37.7 Å². The Kier molecular flexibility index (Phi) is 8.74. The van der Waals surface area contributed by atoms with Gasteiger partial charge in [-0.25, -0.2) is 0 Å². The summed E-state index contributed by atoms with van der Waals surface area (Å²) in [6.07, 6.45) is 1.84. The summed E-state index contributed by atoms with van der Waals surface area (Å²) < 4.78 is 16.9. The van der Waals surface area contributed by atoms with E-state index in [2.05, 4.69) is 22.3 Å². The van der Waals surface area contributed by atoms with Gasteiger partial charge in [0.2, 0.25) is 5.91 Å². The van der Waals surface area contributed by atoms with Crippen LogP contribution < -0.4 is 14.8 Å². The van der Waals surface area contributed by atoms with Gasteiger partial charge in [0.05, 0.1) is 26.4 Å². The zero-order valence-electron chi connectivity index (χ0n) is 18.8. The van der Waals surface area contributed by atoms with Crippen LogP contribution in [0.15, 0.2) is 48.5 Å². The van der Waals surface area contributed by atoms with Crippen molar-refractivity contribution in [1.29, 1.82) is 0 Å². The smallest absolute Gasteiger partial charge is 0.234 e. The van der Waals surface area contributed by atoms with Crippen LogP contribution in [0.5, 0.6) is 11.5 Å². The van der Waals surface area contributed by atoms with Crippen LogP contribution in [-0.2, 0) is 16.1 Å². The summed E-state index contributed by atoms with van der Waals surface area (Å²) >= 11 is 0. The van der Waals surface area contributed by atoms with Crippen LogP contribution in [0.2, 0.25) is 0 Å². The highest BCUT2D eigenvalue weighted by atomic mass is 16.5. The molecule has 0 saturated carbocycles. The molecule has 1 aliphatic heterocycles. The molecule has 1 amide bonds. The average molecular weight is 427 g/mol. The lowest BCUT2D eigenvalue weighted by Crippen LogP contribution is -2.40. The van der Waals surface area contributed by atoms with Crippen molar-refractivity contribution in [2.45, 2.75) is 45.4 Å². The molecular formula is C25H34N2O4. The van der Waals surface area contributed by atoms with Crippen molar-refractivity contribution in [2.24, 2.45) is 0 Å². The minimum absolute atomic E-state index is 0.0245. The predicted octanol–water partition coefficient (Wildman–Crippen LogP) is 3.95. The van der Waals surface area contributed by atoms with Gasteiger partial charge < -0.3 is 19.5 Å². The first-order valence-electron chi connectivity index (χ1n) is 11.0. The van der Waals surface area contributed by atoms with Gasteiger partial charge in [0.25, 0.3) is 0 Å². The molecule has 1 aliphatic rings. The summed E-state index contributed by atoms with van der Waals surface area (Å²) in [6.45, 7) is 6.93. The molecule has 0 spiro atoms. The summed E-state index contributed by atoms with van der Waals surface area (Å²) in [5.74, 6) is 1.68. The number of nitrogens with zero attached hydrogens (tertiary/aromatic N) is 1. The van der Waals surface area contributed by atoms with Crippen molar-refractivity contribution in [1.82, 2.24) is 10.2 Å². The number of fused-ring (bicyclic) bond motifs is 1. The molecule has 1 N–H and O–H groups in total. The van der Waals surface area contributed by atoms with Gasteiger partial charge in [-0.15, -0.1) is 0 Å². The fourth-order valence-electron chi connectivity index (χ4n) is 3.81. The maximum atomic E-state index is 12.8. The molecular weight excluding hydrogens is 392 g/mol. The van der Waals surface area contributed by atoms with Crippen LogP contribution in [0.3, 0.4) is 0 Å². The molecule has 0 radical (unpaired) electrons. The van der Waals surface area contributed by atoms with Crippen molar-refractivity contribution in [2.75, 3.05) is 33.4 Å². The molecule has 1 atom stereocenters. The van der Waals surface area contributed by atoms with E-state index in [0.29, 0.717) is 32.8 Å². The van der Waals surface area contributed by atoms with E-state index in [9.17, 15) is 4.79 Å². The summed E-state index contributed by atoms with van der Waals surface area (Å²) in [7, 11) is 1.67. The lowest BCUT2D eigenvalue weighted by molar-refractivity contribution is -0.123. The van der Waals surface area contributed by atoms with Crippen LogP contribution in [0.25, 0.3) is 0 Å². The van der Waals surface area contributed by atoms with E-state index < -0.39 is 0 Å².